The molecule has 1 nitrogen and oxygen atoms in total. The van der Waals surface area contributed by atoms with Crippen molar-refractivity contribution in [2.45, 2.75) is 32.3 Å². The molecule has 32 heavy (non-hydrogen) atoms. The summed E-state index contributed by atoms with van der Waals surface area (Å²) >= 11 is 5.93. The minimum absolute atomic E-state index is 0.164. The third-order valence-corrected chi connectivity index (χ3v) is 6.06. The Balaban J connectivity index is 1.45. The monoisotopic (exact) mass is 450 g/mol. The number of methoxy groups -OCH3 is 1. The number of benzene rings is 4. The SMILES string of the molecule is COCc1ccc(CCc2ccc3c(F)c(CCc4ccc(Cl)cc4)ccc3c2)c(F)c1. The van der Waals surface area contributed by atoms with Crippen LogP contribution in [0.2, 0.25) is 5.02 Å². The van der Waals surface area contributed by atoms with Gasteiger partial charge < -0.3 is 4.74 Å². The van der Waals surface area contributed by atoms with Crippen molar-refractivity contribution in [3.63, 3.8) is 0 Å². The second-order valence-corrected chi connectivity index (χ2v) is 8.52. The molecule has 0 aliphatic rings. The van der Waals surface area contributed by atoms with Gasteiger partial charge in [0.25, 0.3) is 0 Å². The van der Waals surface area contributed by atoms with Crippen LogP contribution in [0, 0.1) is 11.6 Å². The molecule has 0 fully saturated rings. The lowest BCUT2D eigenvalue weighted by Crippen LogP contribution is -1.98. The van der Waals surface area contributed by atoms with E-state index in [9.17, 15) is 4.39 Å². The third kappa shape index (κ3) is 5.35. The summed E-state index contributed by atoms with van der Waals surface area (Å²) in [5.41, 5.74) is 4.40. The van der Waals surface area contributed by atoms with Crippen LogP contribution in [0.1, 0.15) is 27.8 Å². The van der Waals surface area contributed by atoms with Crippen molar-refractivity contribution in [1.82, 2.24) is 0 Å². The van der Waals surface area contributed by atoms with Gasteiger partial charge in [0, 0.05) is 17.5 Å². The molecular weight excluding hydrogens is 426 g/mol. The highest BCUT2D eigenvalue weighted by Crippen LogP contribution is 2.25. The van der Waals surface area contributed by atoms with Crippen molar-refractivity contribution in [3.05, 3.63) is 117 Å². The van der Waals surface area contributed by atoms with Gasteiger partial charge in [0.1, 0.15) is 11.6 Å². The third-order valence-electron chi connectivity index (χ3n) is 5.81. The van der Waals surface area contributed by atoms with E-state index in [1.807, 2.05) is 66.7 Å². The molecule has 0 heterocycles. The van der Waals surface area contributed by atoms with Crippen molar-refractivity contribution in [2.75, 3.05) is 7.11 Å². The predicted octanol–water partition coefficient (Wildman–Crippen LogP) is 7.49. The molecule has 0 aromatic heterocycles. The summed E-state index contributed by atoms with van der Waals surface area (Å²) in [5, 5.41) is 2.19. The summed E-state index contributed by atoms with van der Waals surface area (Å²) in [7, 11) is 1.59. The molecule has 0 unspecified atom stereocenters. The van der Waals surface area contributed by atoms with Crippen LogP contribution < -0.4 is 0 Å². The normalized spacial score (nSPS) is 11.2. The van der Waals surface area contributed by atoms with E-state index in [0.717, 1.165) is 28.5 Å². The molecule has 0 aliphatic heterocycles. The summed E-state index contributed by atoms with van der Waals surface area (Å²) in [5.74, 6) is -0.375. The van der Waals surface area contributed by atoms with Crippen molar-refractivity contribution in [2.24, 2.45) is 0 Å². The number of ether oxygens (including phenoxy) is 1. The Bertz CT molecular complexity index is 1220. The molecule has 0 saturated carbocycles. The van der Waals surface area contributed by atoms with Gasteiger partial charge in [0.05, 0.1) is 6.61 Å². The maximum absolute atomic E-state index is 15.1. The van der Waals surface area contributed by atoms with E-state index in [1.165, 1.54) is 6.07 Å². The second kappa shape index (κ2) is 10.2. The average Bonchev–Trinajstić information content (AvgIpc) is 2.79. The number of halogens is 3. The number of hydrogen-bond acceptors (Lipinski definition) is 1. The van der Waals surface area contributed by atoms with Gasteiger partial charge in [-0.05, 0) is 77.1 Å². The summed E-state index contributed by atoms with van der Waals surface area (Å²) in [6.07, 6.45) is 2.67. The number of rotatable bonds is 8. The number of hydrogen-bond donors (Lipinski definition) is 0. The zero-order valence-electron chi connectivity index (χ0n) is 18.0. The van der Waals surface area contributed by atoms with E-state index >= 15 is 4.39 Å². The first-order valence-electron chi connectivity index (χ1n) is 10.7. The molecule has 164 valence electrons. The van der Waals surface area contributed by atoms with Gasteiger partial charge in [-0.1, -0.05) is 66.2 Å². The molecule has 0 amide bonds. The fourth-order valence-electron chi connectivity index (χ4n) is 3.99. The average molecular weight is 451 g/mol. The Morgan fingerprint density at radius 3 is 2.09 bits per heavy atom. The summed E-state index contributed by atoms with van der Waals surface area (Å²) in [6, 6.07) is 22.5. The standard InChI is InChI=1S/C28H25ClF2O/c1-32-18-21-4-9-22(27(30)17-21)8-3-20-7-15-26-24(16-20)12-11-23(28(26)31)10-2-19-5-13-25(29)14-6-19/h4-7,9,11-17H,2-3,8,10,18H2,1H3. The van der Waals surface area contributed by atoms with Gasteiger partial charge in [-0.2, -0.15) is 0 Å². The van der Waals surface area contributed by atoms with Gasteiger partial charge in [-0.3, -0.25) is 0 Å². The Labute approximate surface area is 192 Å². The molecule has 0 saturated heterocycles. The number of aryl methyl sites for hydroxylation is 4. The topological polar surface area (TPSA) is 9.23 Å². The quantitative estimate of drug-likeness (QED) is 0.270. The fourth-order valence-corrected chi connectivity index (χ4v) is 4.12. The minimum atomic E-state index is -0.211. The van der Waals surface area contributed by atoms with E-state index in [-0.39, 0.29) is 11.6 Å². The van der Waals surface area contributed by atoms with E-state index < -0.39 is 0 Å². The van der Waals surface area contributed by atoms with Gasteiger partial charge in [0.15, 0.2) is 0 Å². The molecule has 4 heteroatoms. The van der Waals surface area contributed by atoms with E-state index in [0.29, 0.717) is 47.4 Å². The first-order valence-corrected chi connectivity index (χ1v) is 11.1. The Morgan fingerprint density at radius 2 is 1.34 bits per heavy atom. The lowest BCUT2D eigenvalue weighted by Gasteiger charge is -2.10. The second-order valence-electron chi connectivity index (χ2n) is 8.08. The largest absolute Gasteiger partial charge is 0.380 e. The van der Waals surface area contributed by atoms with Crippen LogP contribution in [-0.2, 0) is 37.0 Å². The molecule has 0 N–H and O–H groups in total. The van der Waals surface area contributed by atoms with Gasteiger partial charge in [-0.25, -0.2) is 8.78 Å². The zero-order valence-corrected chi connectivity index (χ0v) is 18.8. The van der Waals surface area contributed by atoms with Crippen LogP contribution in [-0.4, -0.2) is 7.11 Å². The smallest absolute Gasteiger partial charge is 0.134 e. The minimum Gasteiger partial charge on any atom is -0.380 e. The van der Waals surface area contributed by atoms with Crippen LogP contribution in [0.4, 0.5) is 8.78 Å². The Hall–Kier alpha value is -2.75. The van der Waals surface area contributed by atoms with Gasteiger partial charge in [-0.15, -0.1) is 0 Å². The van der Waals surface area contributed by atoms with Gasteiger partial charge >= 0.3 is 0 Å². The first kappa shape index (κ1) is 22.4. The van der Waals surface area contributed by atoms with Crippen molar-refractivity contribution in [1.29, 1.82) is 0 Å². The van der Waals surface area contributed by atoms with E-state index in [2.05, 4.69) is 0 Å². The van der Waals surface area contributed by atoms with Crippen LogP contribution in [0.25, 0.3) is 10.8 Å². The highest BCUT2D eigenvalue weighted by atomic mass is 35.5. The lowest BCUT2D eigenvalue weighted by atomic mass is 9.97. The molecule has 0 aliphatic carbocycles. The molecule has 0 spiro atoms. The highest BCUT2D eigenvalue weighted by Gasteiger charge is 2.10. The Kier molecular flexibility index (Phi) is 7.19. The lowest BCUT2D eigenvalue weighted by molar-refractivity contribution is 0.184. The van der Waals surface area contributed by atoms with Crippen molar-refractivity contribution in [3.8, 4) is 0 Å². The maximum atomic E-state index is 15.1. The number of fused-ring (bicyclic) bond motifs is 1. The summed E-state index contributed by atoms with van der Waals surface area (Å²) in [4.78, 5) is 0. The van der Waals surface area contributed by atoms with E-state index in [4.69, 9.17) is 16.3 Å². The van der Waals surface area contributed by atoms with Crippen LogP contribution in [0.5, 0.6) is 0 Å². The maximum Gasteiger partial charge on any atom is 0.134 e. The molecule has 4 aromatic carbocycles. The molecule has 4 rings (SSSR count). The predicted molar refractivity (Wildman–Crippen MR) is 127 cm³/mol. The van der Waals surface area contributed by atoms with Gasteiger partial charge in [0.2, 0.25) is 0 Å². The van der Waals surface area contributed by atoms with Crippen molar-refractivity contribution >= 4 is 22.4 Å². The first-order chi connectivity index (χ1) is 15.5. The fraction of sp³-hybridized carbons (Fsp3) is 0.214. The molecule has 0 radical (unpaired) electrons. The van der Waals surface area contributed by atoms with E-state index in [1.54, 1.807) is 7.11 Å². The Morgan fingerprint density at radius 1 is 0.688 bits per heavy atom. The van der Waals surface area contributed by atoms with Crippen LogP contribution >= 0.6 is 11.6 Å². The molecule has 0 atom stereocenters. The van der Waals surface area contributed by atoms with Crippen LogP contribution in [0.15, 0.2) is 72.8 Å². The molecule has 4 aromatic rings. The molecule has 0 bridgehead atoms. The zero-order chi connectivity index (χ0) is 22.5. The molecular formula is C28H25ClF2O. The van der Waals surface area contributed by atoms with Crippen LogP contribution in [0.3, 0.4) is 0 Å². The highest BCUT2D eigenvalue weighted by molar-refractivity contribution is 6.30. The summed E-state index contributed by atoms with van der Waals surface area (Å²) < 4.78 is 34.5. The van der Waals surface area contributed by atoms with Crippen molar-refractivity contribution < 1.29 is 13.5 Å². The summed E-state index contributed by atoms with van der Waals surface area (Å²) in [6.45, 7) is 0.398.